The van der Waals surface area contributed by atoms with Gasteiger partial charge in [-0.3, -0.25) is 9.59 Å². The fraction of sp³-hybridized carbons (Fsp3) is 0.882. The van der Waals surface area contributed by atoms with Crippen molar-refractivity contribution in [3.8, 4) is 0 Å². The molecule has 5 aliphatic carbocycles. The van der Waals surface area contributed by atoms with Gasteiger partial charge in [0.05, 0.1) is 6.61 Å². The van der Waals surface area contributed by atoms with Crippen LogP contribution in [0.25, 0.3) is 0 Å². The van der Waals surface area contributed by atoms with Crippen molar-refractivity contribution < 1.29 is 19.1 Å². The zero-order valence-corrected chi connectivity index (χ0v) is 25.6. The number of hydrogen-bond donors (Lipinski definition) is 0. The molecule has 4 nitrogen and oxygen atoms in total. The van der Waals surface area contributed by atoms with Gasteiger partial charge >= 0.3 is 11.9 Å². The van der Waals surface area contributed by atoms with Crippen LogP contribution < -0.4 is 0 Å². The lowest BCUT2D eigenvalue weighted by atomic mass is 9.32. The van der Waals surface area contributed by atoms with Crippen molar-refractivity contribution in [3.63, 3.8) is 0 Å². The predicted molar refractivity (Wildman–Crippen MR) is 151 cm³/mol. The number of ether oxygens (including phenoxy) is 2. The van der Waals surface area contributed by atoms with Crippen LogP contribution in [0.4, 0.5) is 0 Å². The van der Waals surface area contributed by atoms with Gasteiger partial charge in [0.25, 0.3) is 0 Å². The number of carbonyl (C=O) groups is 2. The predicted octanol–water partition coefficient (Wildman–Crippen LogP) is 8.14. The van der Waals surface area contributed by atoms with Crippen LogP contribution in [0.3, 0.4) is 0 Å². The maximum atomic E-state index is 11.9. The first kappa shape index (κ1) is 28.2. The van der Waals surface area contributed by atoms with Crippen molar-refractivity contribution in [2.45, 2.75) is 126 Å². The molecule has 5 fully saturated rings. The normalized spacial score (nSPS) is 49.1. The molecule has 214 valence electrons. The van der Waals surface area contributed by atoms with E-state index in [1.54, 1.807) is 13.8 Å². The third-order valence-corrected chi connectivity index (χ3v) is 14.0. The van der Waals surface area contributed by atoms with Crippen LogP contribution in [-0.4, -0.2) is 24.6 Å². The van der Waals surface area contributed by atoms with Crippen LogP contribution in [0.2, 0.25) is 0 Å². The Hall–Kier alpha value is -1.32. The lowest BCUT2D eigenvalue weighted by Crippen LogP contribution is -2.67. The van der Waals surface area contributed by atoms with Gasteiger partial charge in [0, 0.05) is 24.7 Å². The van der Waals surface area contributed by atoms with Crippen molar-refractivity contribution in [1.29, 1.82) is 0 Å². The molecule has 10 atom stereocenters. The van der Waals surface area contributed by atoms with Crippen LogP contribution in [0.15, 0.2) is 12.2 Å². The Morgan fingerprint density at radius 1 is 0.763 bits per heavy atom. The van der Waals surface area contributed by atoms with Gasteiger partial charge < -0.3 is 9.47 Å². The lowest BCUT2D eigenvalue weighted by Gasteiger charge is -2.73. The quantitative estimate of drug-likeness (QED) is 0.274. The molecule has 0 saturated heterocycles. The van der Waals surface area contributed by atoms with Crippen LogP contribution in [0.5, 0.6) is 0 Å². The van der Waals surface area contributed by atoms with Crippen LogP contribution in [0, 0.1) is 56.7 Å². The van der Waals surface area contributed by atoms with E-state index in [1.165, 1.54) is 56.9 Å². The number of hydrogen-bond acceptors (Lipinski definition) is 4. The average Bonchev–Trinajstić information content (AvgIpc) is 3.20. The maximum absolute atomic E-state index is 11.9. The summed E-state index contributed by atoms with van der Waals surface area (Å²) >= 11 is 0. The van der Waals surface area contributed by atoms with Gasteiger partial charge in [0.15, 0.2) is 0 Å². The molecule has 0 aliphatic heterocycles. The van der Waals surface area contributed by atoms with E-state index in [0.29, 0.717) is 41.6 Å². The minimum Gasteiger partial charge on any atom is -0.465 e. The van der Waals surface area contributed by atoms with Gasteiger partial charge in [0.2, 0.25) is 0 Å². The SMILES string of the molecule is C=C(C)[C@@H]1CC[C@@]2(COC(C)=O)CC[C@]3(C)[C@@H](CC[C@@H]4[C@]5(C)CC[C@H](OC(C)=O)C(C)(C)[C@@H]5CC[C@@]43C)[C@H]12. The summed E-state index contributed by atoms with van der Waals surface area (Å²) in [6, 6.07) is 0. The molecule has 0 aromatic rings. The molecule has 0 aromatic carbocycles. The maximum Gasteiger partial charge on any atom is 0.302 e. The standard InChI is InChI=1S/C34H54O4/c1-21(2)24-12-17-34(20-37-22(3)35)19-18-32(8)25(29(24)34)10-11-27-31(7)15-14-28(38-23(4)36)30(5,6)26(31)13-16-33(27,32)9/h24-29H,1,10-20H2,2-9H3/t24-,25-,26-,27+,28-,29-,31+,32+,33-,34-/m0/s1. The van der Waals surface area contributed by atoms with E-state index in [4.69, 9.17) is 9.47 Å². The molecule has 0 heterocycles. The second-order valence-electron chi connectivity index (χ2n) is 15.8. The third-order valence-electron chi connectivity index (χ3n) is 14.0. The molecule has 5 saturated carbocycles. The van der Waals surface area contributed by atoms with E-state index in [0.717, 1.165) is 12.8 Å². The van der Waals surface area contributed by atoms with E-state index < -0.39 is 0 Å². The summed E-state index contributed by atoms with van der Waals surface area (Å²) in [6.45, 7) is 23.1. The summed E-state index contributed by atoms with van der Waals surface area (Å²) in [5, 5.41) is 0. The van der Waals surface area contributed by atoms with E-state index in [9.17, 15) is 9.59 Å². The molecular weight excluding hydrogens is 472 g/mol. The first-order chi connectivity index (χ1) is 17.6. The van der Waals surface area contributed by atoms with Crippen LogP contribution in [-0.2, 0) is 19.1 Å². The highest BCUT2D eigenvalue weighted by Crippen LogP contribution is 2.77. The number of allylic oxidation sites excluding steroid dienone is 1. The average molecular weight is 527 g/mol. The van der Waals surface area contributed by atoms with E-state index in [-0.39, 0.29) is 39.7 Å². The van der Waals surface area contributed by atoms with Gasteiger partial charge in [-0.1, -0.05) is 46.8 Å². The molecule has 0 aromatic heterocycles. The molecule has 5 aliphatic rings. The molecule has 0 spiro atoms. The lowest BCUT2D eigenvalue weighted by molar-refractivity contribution is -0.252. The van der Waals surface area contributed by atoms with Gasteiger partial charge in [-0.05, 0) is 117 Å². The van der Waals surface area contributed by atoms with Gasteiger partial charge in [-0.2, -0.15) is 0 Å². The zero-order valence-electron chi connectivity index (χ0n) is 25.6. The Labute approximate surface area is 232 Å². The minimum absolute atomic E-state index is 0.00000109. The van der Waals surface area contributed by atoms with Crippen LogP contribution >= 0.6 is 0 Å². The first-order valence-electron chi connectivity index (χ1n) is 15.6. The number of esters is 2. The number of rotatable bonds is 4. The van der Waals surface area contributed by atoms with Crippen molar-refractivity contribution in [2.75, 3.05) is 6.61 Å². The summed E-state index contributed by atoms with van der Waals surface area (Å²) in [5.41, 5.74) is 2.30. The zero-order chi connectivity index (χ0) is 27.9. The van der Waals surface area contributed by atoms with Crippen molar-refractivity contribution in [3.05, 3.63) is 12.2 Å². The van der Waals surface area contributed by atoms with Gasteiger partial charge in [-0.25, -0.2) is 0 Å². The Morgan fingerprint density at radius 3 is 2.11 bits per heavy atom. The van der Waals surface area contributed by atoms with Crippen molar-refractivity contribution >= 4 is 11.9 Å². The fourth-order valence-corrected chi connectivity index (χ4v) is 12.2. The summed E-state index contributed by atoms with van der Waals surface area (Å²) in [5.74, 6) is 2.76. The van der Waals surface area contributed by atoms with E-state index in [2.05, 4.69) is 48.1 Å². The van der Waals surface area contributed by atoms with Crippen molar-refractivity contribution in [1.82, 2.24) is 0 Å². The molecule has 0 amide bonds. The molecule has 0 unspecified atom stereocenters. The Morgan fingerprint density at radius 2 is 1.47 bits per heavy atom. The Balaban J connectivity index is 1.49. The van der Waals surface area contributed by atoms with Gasteiger partial charge in [-0.15, -0.1) is 0 Å². The first-order valence-corrected chi connectivity index (χ1v) is 15.6. The summed E-state index contributed by atoms with van der Waals surface area (Å²) in [7, 11) is 0. The minimum atomic E-state index is -0.140. The van der Waals surface area contributed by atoms with Crippen molar-refractivity contribution in [2.24, 2.45) is 56.7 Å². The highest BCUT2D eigenvalue weighted by atomic mass is 16.5. The number of fused-ring (bicyclic) bond motifs is 7. The molecular formula is C34H54O4. The third kappa shape index (κ3) is 3.80. The fourth-order valence-electron chi connectivity index (χ4n) is 12.2. The Kier molecular flexibility index (Phi) is 6.76. The highest BCUT2D eigenvalue weighted by molar-refractivity contribution is 5.66. The molecule has 0 bridgehead atoms. The molecule has 0 N–H and O–H groups in total. The molecule has 0 radical (unpaired) electrons. The summed E-state index contributed by atoms with van der Waals surface area (Å²) in [6.07, 6.45) is 12.0. The molecule has 5 rings (SSSR count). The second kappa shape index (κ2) is 9.10. The highest BCUT2D eigenvalue weighted by Gasteiger charge is 2.71. The topological polar surface area (TPSA) is 52.6 Å². The number of carbonyl (C=O) groups excluding carboxylic acids is 2. The largest absolute Gasteiger partial charge is 0.465 e. The molecule has 38 heavy (non-hydrogen) atoms. The van der Waals surface area contributed by atoms with E-state index in [1.807, 2.05) is 0 Å². The smallest absolute Gasteiger partial charge is 0.302 e. The monoisotopic (exact) mass is 526 g/mol. The second-order valence-corrected chi connectivity index (χ2v) is 15.8. The van der Waals surface area contributed by atoms with E-state index >= 15 is 0 Å². The van der Waals surface area contributed by atoms with Gasteiger partial charge in [0.1, 0.15) is 6.10 Å². The molecule has 4 heteroatoms. The Bertz CT molecular complexity index is 998. The van der Waals surface area contributed by atoms with Crippen LogP contribution in [0.1, 0.15) is 120 Å². The summed E-state index contributed by atoms with van der Waals surface area (Å²) < 4.78 is 11.7. The summed E-state index contributed by atoms with van der Waals surface area (Å²) in [4.78, 5) is 23.8.